The van der Waals surface area contributed by atoms with Crippen LogP contribution in [0.4, 0.5) is 0 Å². The Bertz CT molecular complexity index is 795. The van der Waals surface area contributed by atoms with E-state index in [0.29, 0.717) is 23.9 Å². The van der Waals surface area contributed by atoms with E-state index in [1.54, 1.807) is 23.1 Å². The van der Waals surface area contributed by atoms with Crippen molar-refractivity contribution in [1.82, 2.24) is 10.2 Å². The van der Waals surface area contributed by atoms with E-state index < -0.39 is 0 Å². The number of nitrogens with zero attached hydrogens (tertiary/aromatic N) is 1. The molecule has 0 unspecified atom stereocenters. The Labute approximate surface area is 157 Å². The molecule has 2 amide bonds. The van der Waals surface area contributed by atoms with Crippen LogP contribution < -0.4 is 10.1 Å². The molecule has 26 heavy (non-hydrogen) atoms. The quantitative estimate of drug-likeness (QED) is 0.897. The maximum Gasteiger partial charge on any atom is 0.261 e. The van der Waals surface area contributed by atoms with Crippen molar-refractivity contribution in [3.05, 3.63) is 64.7 Å². The van der Waals surface area contributed by atoms with E-state index in [-0.39, 0.29) is 30.9 Å². The van der Waals surface area contributed by atoms with Gasteiger partial charge < -0.3 is 15.0 Å². The number of aryl methyl sites for hydroxylation is 1. The molecule has 1 fully saturated rings. The van der Waals surface area contributed by atoms with Gasteiger partial charge in [0.05, 0.1) is 12.5 Å². The van der Waals surface area contributed by atoms with Gasteiger partial charge in [0.15, 0.2) is 6.61 Å². The number of nitrogens with one attached hydrogen (secondary N) is 1. The largest absolute Gasteiger partial charge is 0.483 e. The van der Waals surface area contributed by atoms with Crippen LogP contribution >= 0.6 is 11.6 Å². The van der Waals surface area contributed by atoms with Crippen LogP contribution in [0, 0.1) is 6.92 Å². The van der Waals surface area contributed by atoms with Gasteiger partial charge in [0.2, 0.25) is 5.91 Å². The number of amides is 2. The normalized spacial score (nSPS) is 17.4. The van der Waals surface area contributed by atoms with Crippen molar-refractivity contribution in [1.29, 1.82) is 0 Å². The van der Waals surface area contributed by atoms with Crippen LogP contribution in [0.3, 0.4) is 0 Å². The first-order valence-electron chi connectivity index (χ1n) is 8.54. The number of ether oxygens (including phenoxy) is 1. The lowest BCUT2D eigenvalue weighted by Gasteiger charge is -2.29. The van der Waals surface area contributed by atoms with Gasteiger partial charge in [-0.3, -0.25) is 9.59 Å². The minimum Gasteiger partial charge on any atom is -0.483 e. The van der Waals surface area contributed by atoms with Gasteiger partial charge in [-0.2, -0.15) is 0 Å². The number of rotatable bonds is 4. The van der Waals surface area contributed by atoms with Crippen LogP contribution in [0.2, 0.25) is 5.02 Å². The van der Waals surface area contributed by atoms with Crippen LogP contribution in [0.15, 0.2) is 48.5 Å². The molecular formula is C20H21ClN2O3. The second-order valence-corrected chi connectivity index (χ2v) is 6.70. The lowest BCUT2D eigenvalue weighted by atomic mass is 10.0. The van der Waals surface area contributed by atoms with Crippen molar-refractivity contribution in [3.63, 3.8) is 0 Å². The highest BCUT2D eigenvalue weighted by atomic mass is 35.5. The summed E-state index contributed by atoms with van der Waals surface area (Å²) in [6.45, 7) is 2.69. The Kier molecular flexibility index (Phi) is 5.78. The standard InChI is InChI=1S/C20H21ClN2O3/c1-14-11-16(21)7-8-18(14)26-13-20(25)23-10-9-22-19(24)12-17(23)15-5-3-2-4-6-15/h2-8,11,17H,9-10,12-13H2,1H3,(H,22,24)/t17-/m1/s1. The van der Waals surface area contributed by atoms with E-state index in [1.165, 1.54) is 0 Å². The van der Waals surface area contributed by atoms with Gasteiger partial charge in [-0.25, -0.2) is 0 Å². The molecule has 0 bridgehead atoms. The van der Waals surface area contributed by atoms with Crippen molar-refractivity contribution in [2.45, 2.75) is 19.4 Å². The zero-order chi connectivity index (χ0) is 18.5. The zero-order valence-corrected chi connectivity index (χ0v) is 15.3. The molecule has 1 N–H and O–H groups in total. The summed E-state index contributed by atoms with van der Waals surface area (Å²) in [4.78, 5) is 26.5. The second-order valence-electron chi connectivity index (χ2n) is 6.27. The molecule has 1 aliphatic rings. The summed E-state index contributed by atoms with van der Waals surface area (Å²) in [5.41, 5.74) is 1.82. The third kappa shape index (κ3) is 4.35. The maximum atomic E-state index is 12.8. The smallest absolute Gasteiger partial charge is 0.261 e. The molecule has 1 saturated heterocycles. The summed E-state index contributed by atoms with van der Waals surface area (Å²) >= 11 is 5.95. The molecule has 1 atom stereocenters. The van der Waals surface area contributed by atoms with Gasteiger partial charge in [0.1, 0.15) is 5.75 Å². The van der Waals surface area contributed by atoms with E-state index in [1.807, 2.05) is 37.3 Å². The lowest BCUT2D eigenvalue weighted by molar-refractivity contribution is -0.136. The molecule has 5 nitrogen and oxygen atoms in total. The summed E-state index contributed by atoms with van der Waals surface area (Å²) in [5, 5.41) is 3.46. The highest BCUT2D eigenvalue weighted by Crippen LogP contribution is 2.26. The predicted molar refractivity (Wildman–Crippen MR) is 100 cm³/mol. The molecule has 3 rings (SSSR count). The molecule has 2 aromatic rings. The molecule has 0 aliphatic carbocycles. The third-order valence-corrected chi connectivity index (χ3v) is 4.66. The average molecular weight is 373 g/mol. The van der Waals surface area contributed by atoms with Crippen LogP contribution in [0.5, 0.6) is 5.75 Å². The fraction of sp³-hybridized carbons (Fsp3) is 0.300. The van der Waals surface area contributed by atoms with Gasteiger partial charge in [-0.15, -0.1) is 0 Å². The number of halogens is 1. The highest BCUT2D eigenvalue weighted by molar-refractivity contribution is 6.30. The van der Waals surface area contributed by atoms with Crippen molar-refractivity contribution in [2.75, 3.05) is 19.7 Å². The monoisotopic (exact) mass is 372 g/mol. The Morgan fingerprint density at radius 2 is 2.04 bits per heavy atom. The third-order valence-electron chi connectivity index (χ3n) is 4.42. The fourth-order valence-electron chi connectivity index (χ4n) is 3.10. The first-order valence-corrected chi connectivity index (χ1v) is 8.92. The van der Waals surface area contributed by atoms with Crippen molar-refractivity contribution < 1.29 is 14.3 Å². The predicted octanol–water partition coefficient (Wildman–Crippen LogP) is 3.12. The molecule has 136 valence electrons. The zero-order valence-electron chi connectivity index (χ0n) is 14.6. The van der Waals surface area contributed by atoms with Crippen molar-refractivity contribution >= 4 is 23.4 Å². The Balaban J connectivity index is 1.75. The summed E-state index contributed by atoms with van der Waals surface area (Å²) < 4.78 is 5.70. The van der Waals surface area contributed by atoms with Gasteiger partial charge >= 0.3 is 0 Å². The molecule has 0 saturated carbocycles. The lowest BCUT2D eigenvalue weighted by Crippen LogP contribution is -2.39. The van der Waals surface area contributed by atoms with Gasteiger partial charge in [0, 0.05) is 18.1 Å². The number of carbonyl (C=O) groups excluding carboxylic acids is 2. The minimum atomic E-state index is -0.291. The van der Waals surface area contributed by atoms with E-state index in [0.717, 1.165) is 11.1 Å². The average Bonchev–Trinajstić information content (AvgIpc) is 2.83. The number of hydrogen-bond acceptors (Lipinski definition) is 3. The van der Waals surface area contributed by atoms with Gasteiger partial charge in [-0.1, -0.05) is 41.9 Å². The van der Waals surface area contributed by atoms with E-state index in [2.05, 4.69) is 5.32 Å². The first kappa shape index (κ1) is 18.3. The Hall–Kier alpha value is -2.53. The number of benzene rings is 2. The molecule has 1 aliphatic heterocycles. The topological polar surface area (TPSA) is 58.6 Å². The molecule has 2 aromatic carbocycles. The van der Waals surface area contributed by atoms with Gasteiger partial charge in [0.25, 0.3) is 5.91 Å². The fourth-order valence-corrected chi connectivity index (χ4v) is 3.32. The number of carbonyl (C=O) groups is 2. The van der Waals surface area contributed by atoms with E-state index >= 15 is 0 Å². The summed E-state index contributed by atoms with van der Waals surface area (Å²) in [6.07, 6.45) is 0.246. The maximum absolute atomic E-state index is 12.8. The molecule has 0 radical (unpaired) electrons. The van der Waals surface area contributed by atoms with Crippen LogP contribution in [-0.4, -0.2) is 36.4 Å². The summed E-state index contributed by atoms with van der Waals surface area (Å²) in [6, 6.07) is 14.6. The van der Waals surface area contributed by atoms with Crippen molar-refractivity contribution in [3.8, 4) is 5.75 Å². The van der Waals surface area contributed by atoms with E-state index in [4.69, 9.17) is 16.3 Å². The van der Waals surface area contributed by atoms with Crippen molar-refractivity contribution in [2.24, 2.45) is 0 Å². The Morgan fingerprint density at radius 3 is 2.77 bits per heavy atom. The van der Waals surface area contributed by atoms with Crippen LogP contribution in [-0.2, 0) is 9.59 Å². The molecular weight excluding hydrogens is 352 g/mol. The second kappa shape index (κ2) is 8.23. The number of hydrogen-bond donors (Lipinski definition) is 1. The summed E-state index contributed by atoms with van der Waals surface area (Å²) in [5.74, 6) is 0.427. The summed E-state index contributed by atoms with van der Waals surface area (Å²) in [7, 11) is 0. The molecule has 0 spiro atoms. The highest BCUT2D eigenvalue weighted by Gasteiger charge is 2.29. The van der Waals surface area contributed by atoms with Crippen LogP contribution in [0.25, 0.3) is 0 Å². The SMILES string of the molecule is Cc1cc(Cl)ccc1OCC(=O)N1CCNC(=O)C[C@@H]1c1ccccc1. The Morgan fingerprint density at radius 1 is 1.27 bits per heavy atom. The molecule has 1 heterocycles. The van der Waals surface area contributed by atoms with E-state index in [9.17, 15) is 9.59 Å². The molecule has 6 heteroatoms. The van der Waals surface area contributed by atoms with Crippen LogP contribution in [0.1, 0.15) is 23.6 Å². The molecule has 0 aromatic heterocycles. The first-order chi connectivity index (χ1) is 12.5. The van der Waals surface area contributed by atoms with Gasteiger partial charge in [-0.05, 0) is 36.2 Å². The minimum absolute atomic E-state index is 0.0522.